The van der Waals surface area contributed by atoms with E-state index in [-0.39, 0.29) is 24.1 Å². The standard InChI is InChI=1S/C26H24ClN3O3/c1-16-4-3-5-23(17(16)2)29-25(32)18-6-10-21(11-7-18)28-26(33)19-14-24(31)30(15-19)22-12-8-20(27)9-13-22/h3-13,19H,14-15H2,1-2H3,(H,28,33)(H,29,32)/t19-/m0/s1. The zero-order chi connectivity index (χ0) is 23.5. The smallest absolute Gasteiger partial charge is 0.255 e. The molecular formula is C26H24ClN3O3. The molecule has 2 N–H and O–H groups in total. The number of nitrogens with zero attached hydrogens (tertiary/aromatic N) is 1. The third kappa shape index (κ3) is 5.07. The lowest BCUT2D eigenvalue weighted by atomic mass is 10.1. The fourth-order valence-electron chi connectivity index (χ4n) is 3.78. The van der Waals surface area contributed by atoms with E-state index in [4.69, 9.17) is 11.6 Å². The highest BCUT2D eigenvalue weighted by Crippen LogP contribution is 2.27. The molecule has 1 aliphatic heterocycles. The number of hydrogen-bond donors (Lipinski definition) is 2. The molecule has 0 aromatic heterocycles. The third-order valence-electron chi connectivity index (χ3n) is 5.90. The Hall–Kier alpha value is -3.64. The maximum Gasteiger partial charge on any atom is 0.255 e. The molecule has 0 bridgehead atoms. The quantitative estimate of drug-likeness (QED) is 0.548. The summed E-state index contributed by atoms with van der Waals surface area (Å²) in [6.45, 7) is 4.27. The van der Waals surface area contributed by atoms with Crippen LogP contribution in [0.25, 0.3) is 0 Å². The van der Waals surface area contributed by atoms with Crippen molar-refractivity contribution in [2.75, 3.05) is 22.1 Å². The Morgan fingerprint density at radius 1 is 0.939 bits per heavy atom. The second kappa shape index (κ2) is 9.46. The summed E-state index contributed by atoms with van der Waals surface area (Å²) < 4.78 is 0. The van der Waals surface area contributed by atoms with Crippen molar-refractivity contribution in [1.82, 2.24) is 0 Å². The number of carbonyl (C=O) groups excluding carboxylic acids is 3. The Balaban J connectivity index is 1.37. The van der Waals surface area contributed by atoms with E-state index in [1.807, 2.05) is 32.0 Å². The van der Waals surface area contributed by atoms with Crippen LogP contribution in [-0.2, 0) is 9.59 Å². The van der Waals surface area contributed by atoms with Crippen LogP contribution in [0.2, 0.25) is 5.02 Å². The van der Waals surface area contributed by atoms with Crippen molar-refractivity contribution in [2.24, 2.45) is 5.92 Å². The topological polar surface area (TPSA) is 78.5 Å². The molecular weight excluding hydrogens is 438 g/mol. The Bertz CT molecular complexity index is 1210. The molecule has 3 aromatic carbocycles. The number of rotatable bonds is 5. The summed E-state index contributed by atoms with van der Waals surface area (Å²) in [7, 11) is 0. The predicted octanol–water partition coefficient (Wildman–Crippen LogP) is 5.20. The molecule has 1 heterocycles. The van der Waals surface area contributed by atoms with Crippen molar-refractivity contribution in [1.29, 1.82) is 0 Å². The van der Waals surface area contributed by atoms with Crippen LogP contribution in [0.5, 0.6) is 0 Å². The van der Waals surface area contributed by atoms with E-state index in [0.29, 0.717) is 22.8 Å². The van der Waals surface area contributed by atoms with E-state index in [2.05, 4.69) is 10.6 Å². The van der Waals surface area contributed by atoms with Crippen LogP contribution in [0.15, 0.2) is 66.7 Å². The number of aryl methyl sites for hydroxylation is 1. The summed E-state index contributed by atoms with van der Waals surface area (Å²) in [4.78, 5) is 39.3. The second-order valence-corrected chi connectivity index (χ2v) is 8.59. The molecule has 3 aromatic rings. The molecule has 0 saturated carbocycles. The van der Waals surface area contributed by atoms with E-state index in [1.54, 1.807) is 53.4 Å². The Labute approximate surface area is 197 Å². The maximum atomic E-state index is 12.7. The van der Waals surface area contributed by atoms with Gasteiger partial charge in [-0.2, -0.15) is 0 Å². The molecule has 0 aliphatic carbocycles. The zero-order valence-corrected chi connectivity index (χ0v) is 19.1. The molecule has 3 amide bonds. The van der Waals surface area contributed by atoms with Crippen LogP contribution in [0, 0.1) is 19.8 Å². The highest BCUT2D eigenvalue weighted by molar-refractivity contribution is 6.30. The van der Waals surface area contributed by atoms with Gasteiger partial charge in [-0.1, -0.05) is 23.7 Å². The van der Waals surface area contributed by atoms with Gasteiger partial charge in [-0.3, -0.25) is 14.4 Å². The first kappa shape index (κ1) is 22.6. The van der Waals surface area contributed by atoms with Crippen LogP contribution in [0.4, 0.5) is 17.1 Å². The summed E-state index contributed by atoms with van der Waals surface area (Å²) in [5.74, 6) is -1.01. The highest BCUT2D eigenvalue weighted by Gasteiger charge is 2.35. The number of hydrogen-bond acceptors (Lipinski definition) is 3. The minimum absolute atomic E-state index is 0.101. The highest BCUT2D eigenvalue weighted by atomic mass is 35.5. The summed E-state index contributed by atoms with van der Waals surface area (Å²) in [6, 6.07) is 19.4. The van der Waals surface area contributed by atoms with Crippen LogP contribution in [0.3, 0.4) is 0 Å². The summed E-state index contributed by atoms with van der Waals surface area (Å²) >= 11 is 5.92. The molecule has 0 unspecified atom stereocenters. The van der Waals surface area contributed by atoms with Crippen molar-refractivity contribution in [2.45, 2.75) is 20.3 Å². The first-order valence-electron chi connectivity index (χ1n) is 10.7. The van der Waals surface area contributed by atoms with E-state index >= 15 is 0 Å². The molecule has 6 nitrogen and oxygen atoms in total. The molecule has 33 heavy (non-hydrogen) atoms. The van der Waals surface area contributed by atoms with E-state index in [0.717, 1.165) is 22.5 Å². The molecule has 168 valence electrons. The second-order valence-electron chi connectivity index (χ2n) is 8.15. The number of nitrogens with one attached hydrogen (secondary N) is 2. The lowest BCUT2D eigenvalue weighted by Crippen LogP contribution is -2.28. The maximum absolute atomic E-state index is 12.7. The van der Waals surface area contributed by atoms with Crippen LogP contribution in [0.1, 0.15) is 27.9 Å². The number of halogens is 1. The first-order chi connectivity index (χ1) is 15.8. The SMILES string of the molecule is Cc1cccc(NC(=O)c2ccc(NC(=O)[C@H]3CC(=O)N(c4ccc(Cl)cc4)C3)cc2)c1C. The van der Waals surface area contributed by atoms with Gasteiger partial charge in [0, 0.05) is 40.6 Å². The monoisotopic (exact) mass is 461 g/mol. The van der Waals surface area contributed by atoms with E-state index in [9.17, 15) is 14.4 Å². The van der Waals surface area contributed by atoms with Gasteiger partial charge in [0.05, 0.1) is 5.92 Å². The van der Waals surface area contributed by atoms with Gasteiger partial charge in [-0.05, 0) is 79.6 Å². The Kier molecular flexibility index (Phi) is 6.47. The molecule has 0 spiro atoms. The zero-order valence-electron chi connectivity index (χ0n) is 18.4. The van der Waals surface area contributed by atoms with Gasteiger partial charge in [0.15, 0.2) is 0 Å². The summed E-state index contributed by atoms with van der Waals surface area (Å²) in [5.41, 5.74) is 4.67. The van der Waals surface area contributed by atoms with Crippen molar-refractivity contribution in [3.05, 3.63) is 88.4 Å². The molecule has 1 saturated heterocycles. The fourth-order valence-corrected chi connectivity index (χ4v) is 3.91. The van der Waals surface area contributed by atoms with E-state index in [1.165, 1.54) is 0 Å². The minimum Gasteiger partial charge on any atom is -0.326 e. The summed E-state index contributed by atoms with van der Waals surface area (Å²) in [6.07, 6.45) is 0.144. The molecule has 7 heteroatoms. The lowest BCUT2D eigenvalue weighted by molar-refractivity contribution is -0.122. The molecule has 1 fully saturated rings. The molecule has 4 rings (SSSR count). The van der Waals surface area contributed by atoms with Crippen LogP contribution in [-0.4, -0.2) is 24.3 Å². The van der Waals surface area contributed by atoms with Gasteiger partial charge in [-0.15, -0.1) is 0 Å². The molecule has 1 aliphatic rings. The van der Waals surface area contributed by atoms with Crippen molar-refractivity contribution in [3.63, 3.8) is 0 Å². The third-order valence-corrected chi connectivity index (χ3v) is 6.15. The Morgan fingerprint density at radius 2 is 1.64 bits per heavy atom. The number of anilines is 3. The van der Waals surface area contributed by atoms with Crippen molar-refractivity contribution >= 4 is 46.4 Å². The van der Waals surface area contributed by atoms with Gasteiger partial charge in [-0.25, -0.2) is 0 Å². The average molecular weight is 462 g/mol. The van der Waals surface area contributed by atoms with Crippen LogP contribution >= 0.6 is 11.6 Å². The van der Waals surface area contributed by atoms with Gasteiger partial charge >= 0.3 is 0 Å². The fraction of sp³-hybridized carbons (Fsp3) is 0.192. The van der Waals surface area contributed by atoms with E-state index < -0.39 is 5.92 Å². The normalized spacial score (nSPS) is 15.4. The Morgan fingerprint density at radius 3 is 2.33 bits per heavy atom. The van der Waals surface area contributed by atoms with Gasteiger partial charge in [0.2, 0.25) is 11.8 Å². The van der Waals surface area contributed by atoms with Crippen LogP contribution < -0.4 is 15.5 Å². The number of amides is 3. The predicted molar refractivity (Wildman–Crippen MR) is 131 cm³/mol. The molecule has 1 atom stereocenters. The number of carbonyl (C=O) groups is 3. The van der Waals surface area contributed by atoms with Gasteiger partial charge in [0.25, 0.3) is 5.91 Å². The lowest BCUT2D eigenvalue weighted by Gasteiger charge is -2.17. The summed E-state index contributed by atoms with van der Waals surface area (Å²) in [5, 5.41) is 6.36. The molecule has 0 radical (unpaired) electrons. The van der Waals surface area contributed by atoms with Gasteiger partial charge in [0.1, 0.15) is 0 Å². The largest absolute Gasteiger partial charge is 0.326 e. The number of benzene rings is 3. The minimum atomic E-state index is -0.458. The average Bonchev–Trinajstić information content (AvgIpc) is 3.19. The first-order valence-corrected chi connectivity index (χ1v) is 11.0. The van der Waals surface area contributed by atoms with Crippen molar-refractivity contribution in [3.8, 4) is 0 Å². The van der Waals surface area contributed by atoms with Crippen molar-refractivity contribution < 1.29 is 14.4 Å². The van der Waals surface area contributed by atoms with Gasteiger partial charge < -0.3 is 15.5 Å².